The number of epoxide rings is 1. The molecule has 128 valence electrons. The Hall–Kier alpha value is -2.01. The van der Waals surface area contributed by atoms with Crippen molar-refractivity contribution in [3.05, 3.63) is 41.2 Å². The van der Waals surface area contributed by atoms with Gasteiger partial charge in [0, 0.05) is 0 Å². The summed E-state index contributed by atoms with van der Waals surface area (Å²) in [7, 11) is 0. The highest BCUT2D eigenvalue weighted by Gasteiger charge is 2.51. The number of Topliss-reactive ketones (excluding diaryl/α,β-unsaturated/α-hetero) is 1. The second-order valence-corrected chi connectivity index (χ2v) is 6.23. The number of hydrogen-bond acceptors (Lipinski definition) is 4. The molecule has 3 rings (SSSR count). The van der Waals surface area contributed by atoms with Crippen LogP contribution in [0.25, 0.3) is 6.08 Å². The molecule has 1 aliphatic carbocycles. The lowest BCUT2D eigenvalue weighted by Gasteiger charge is -2.16. The van der Waals surface area contributed by atoms with Crippen LogP contribution >= 0.6 is 0 Å². The summed E-state index contributed by atoms with van der Waals surface area (Å²) in [5, 5.41) is 0. The summed E-state index contributed by atoms with van der Waals surface area (Å²) in [6.45, 7) is 1.88. The number of hydrogen-bond donors (Lipinski definition) is 0. The highest BCUT2D eigenvalue weighted by molar-refractivity contribution is 6.34. The van der Waals surface area contributed by atoms with Gasteiger partial charge in [0.25, 0.3) is 0 Å². The van der Waals surface area contributed by atoms with Crippen LogP contribution in [0.2, 0.25) is 0 Å². The van der Waals surface area contributed by atoms with Gasteiger partial charge in [-0.2, -0.15) is 0 Å². The number of esters is 1. The van der Waals surface area contributed by atoms with Crippen LogP contribution in [0.15, 0.2) is 29.8 Å². The number of ketones is 1. The average Bonchev–Trinajstić information content (AvgIpc) is 3.33. The minimum absolute atomic E-state index is 0.126. The second-order valence-electron chi connectivity index (χ2n) is 6.23. The molecule has 1 aliphatic heterocycles. The van der Waals surface area contributed by atoms with E-state index in [2.05, 4.69) is 0 Å². The van der Waals surface area contributed by atoms with E-state index in [-0.39, 0.29) is 24.6 Å². The van der Waals surface area contributed by atoms with Gasteiger partial charge in [-0.3, -0.25) is 4.79 Å². The number of ether oxygens (including phenoxy) is 2. The summed E-state index contributed by atoms with van der Waals surface area (Å²) in [6.07, 6.45) is 4.98. The van der Waals surface area contributed by atoms with Crippen LogP contribution in [0.1, 0.15) is 38.2 Å². The molecule has 0 spiro atoms. The molecular weight excluding hydrogens is 311 g/mol. The Morgan fingerprint density at radius 2 is 2.04 bits per heavy atom. The zero-order valence-electron chi connectivity index (χ0n) is 13.7. The predicted octanol–water partition coefficient (Wildman–Crippen LogP) is 3.30. The Labute approximate surface area is 140 Å². The number of halogens is 1. The maximum Gasteiger partial charge on any atom is 0.374 e. The van der Waals surface area contributed by atoms with Crippen molar-refractivity contribution in [1.82, 2.24) is 0 Å². The highest BCUT2D eigenvalue weighted by Crippen LogP contribution is 2.42. The molecule has 24 heavy (non-hydrogen) atoms. The van der Waals surface area contributed by atoms with E-state index >= 15 is 0 Å². The van der Waals surface area contributed by atoms with Crippen molar-refractivity contribution in [2.45, 2.75) is 44.8 Å². The molecule has 1 aromatic carbocycles. The third-order valence-electron chi connectivity index (χ3n) is 4.55. The minimum atomic E-state index is -0.763. The fourth-order valence-electron chi connectivity index (χ4n) is 3.29. The van der Waals surface area contributed by atoms with E-state index < -0.39 is 17.7 Å². The molecule has 3 atom stereocenters. The van der Waals surface area contributed by atoms with Crippen LogP contribution in [-0.2, 0) is 19.1 Å². The molecule has 2 aliphatic rings. The molecule has 1 heterocycles. The number of carbonyl (C=O) groups is 2. The first kappa shape index (κ1) is 16.8. The fourth-order valence-corrected chi connectivity index (χ4v) is 3.29. The molecule has 0 N–H and O–H groups in total. The number of carbonyl (C=O) groups excluding carboxylic acids is 2. The third kappa shape index (κ3) is 3.73. The lowest BCUT2D eigenvalue weighted by Crippen LogP contribution is -2.31. The van der Waals surface area contributed by atoms with Gasteiger partial charge >= 0.3 is 5.97 Å². The van der Waals surface area contributed by atoms with Gasteiger partial charge < -0.3 is 9.47 Å². The summed E-state index contributed by atoms with van der Waals surface area (Å²) in [6, 6.07) is 6.29. The molecule has 1 saturated heterocycles. The Bertz CT molecular complexity index is 650. The molecule has 5 heteroatoms. The van der Waals surface area contributed by atoms with Crippen molar-refractivity contribution < 1.29 is 23.5 Å². The first-order valence-corrected chi connectivity index (χ1v) is 8.42. The van der Waals surface area contributed by atoms with Crippen molar-refractivity contribution in [1.29, 1.82) is 0 Å². The molecular formula is C19H21FO4. The Kier molecular flexibility index (Phi) is 5.09. The van der Waals surface area contributed by atoms with Gasteiger partial charge in [-0.05, 0) is 49.5 Å². The van der Waals surface area contributed by atoms with Crippen LogP contribution in [0.4, 0.5) is 4.39 Å². The Morgan fingerprint density at radius 3 is 2.75 bits per heavy atom. The van der Waals surface area contributed by atoms with E-state index in [0.29, 0.717) is 6.42 Å². The first-order chi connectivity index (χ1) is 11.6. The van der Waals surface area contributed by atoms with Crippen LogP contribution in [-0.4, -0.2) is 30.6 Å². The van der Waals surface area contributed by atoms with Crippen molar-refractivity contribution in [3.63, 3.8) is 0 Å². The number of fused-ring (bicyclic) bond motifs is 1. The van der Waals surface area contributed by atoms with E-state index in [4.69, 9.17) is 9.47 Å². The van der Waals surface area contributed by atoms with Crippen LogP contribution in [0, 0.1) is 11.7 Å². The molecule has 2 fully saturated rings. The molecule has 4 nitrogen and oxygen atoms in total. The van der Waals surface area contributed by atoms with Crippen molar-refractivity contribution >= 4 is 17.8 Å². The summed E-state index contributed by atoms with van der Waals surface area (Å²) in [5.41, 5.74) is 2.02. The van der Waals surface area contributed by atoms with E-state index in [0.717, 1.165) is 30.4 Å². The normalized spacial score (nSPS) is 27.8. The molecule has 0 bridgehead atoms. The lowest BCUT2D eigenvalue weighted by atomic mass is 9.85. The van der Waals surface area contributed by atoms with Crippen LogP contribution < -0.4 is 0 Å². The largest absolute Gasteiger partial charge is 0.460 e. The molecule has 0 radical (unpaired) electrons. The predicted molar refractivity (Wildman–Crippen MR) is 86.6 cm³/mol. The number of benzene rings is 1. The van der Waals surface area contributed by atoms with E-state index in [9.17, 15) is 14.0 Å². The van der Waals surface area contributed by atoms with Gasteiger partial charge in [0.05, 0.1) is 18.6 Å². The number of rotatable bonds is 4. The standard InChI is InChI=1S/C19H21FO4/c1-2-23-19(22)16(21)15-6-4-3-5-13(17-18(15)24-17)11-12-7-9-14(20)10-8-12/h7-11,15,17-18H,2-6H2,1H3/b13-11+. The van der Waals surface area contributed by atoms with Crippen molar-refractivity contribution in [2.75, 3.05) is 6.61 Å². The molecule has 3 unspecified atom stereocenters. The summed E-state index contributed by atoms with van der Waals surface area (Å²) in [4.78, 5) is 24.0. The second kappa shape index (κ2) is 7.26. The summed E-state index contributed by atoms with van der Waals surface area (Å²) in [5.74, 6) is -1.94. The average molecular weight is 332 g/mol. The highest BCUT2D eigenvalue weighted by atomic mass is 19.1. The molecule has 1 saturated carbocycles. The van der Waals surface area contributed by atoms with Crippen LogP contribution in [0.5, 0.6) is 0 Å². The maximum absolute atomic E-state index is 13.0. The Balaban J connectivity index is 1.74. The van der Waals surface area contributed by atoms with E-state index in [1.165, 1.54) is 12.1 Å². The van der Waals surface area contributed by atoms with Gasteiger partial charge in [-0.25, -0.2) is 9.18 Å². The zero-order valence-corrected chi connectivity index (χ0v) is 13.7. The SMILES string of the molecule is CCOC(=O)C(=O)C1CCCC/C(=C\c2ccc(F)cc2)C2OC12. The van der Waals surface area contributed by atoms with Gasteiger partial charge in [-0.1, -0.05) is 24.6 Å². The lowest BCUT2D eigenvalue weighted by molar-refractivity contribution is -0.155. The third-order valence-corrected chi connectivity index (χ3v) is 4.55. The van der Waals surface area contributed by atoms with Gasteiger partial charge in [-0.15, -0.1) is 0 Å². The van der Waals surface area contributed by atoms with Gasteiger partial charge in [0.2, 0.25) is 5.78 Å². The summed E-state index contributed by atoms with van der Waals surface area (Å²) < 4.78 is 23.6. The first-order valence-electron chi connectivity index (χ1n) is 8.42. The van der Waals surface area contributed by atoms with Crippen molar-refractivity contribution in [2.24, 2.45) is 5.92 Å². The molecule has 0 aromatic heterocycles. The van der Waals surface area contributed by atoms with E-state index in [1.54, 1.807) is 19.1 Å². The smallest absolute Gasteiger partial charge is 0.374 e. The molecule has 0 amide bonds. The van der Waals surface area contributed by atoms with Crippen LogP contribution in [0.3, 0.4) is 0 Å². The maximum atomic E-state index is 13.0. The molecule has 1 aromatic rings. The zero-order chi connectivity index (χ0) is 17.1. The minimum Gasteiger partial charge on any atom is -0.460 e. The fraction of sp³-hybridized carbons (Fsp3) is 0.474. The Morgan fingerprint density at radius 1 is 1.29 bits per heavy atom. The van der Waals surface area contributed by atoms with Gasteiger partial charge in [0.1, 0.15) is 11.9 Å². The van der Waals surface area contributed by atoms with Gasteiger partial charge in [0.15, 0.2) is 0 Å². The summed E-state index contributed by atoms with van der Waals surface area (Å²) >= 11 is 0. The quantitative estimate of drug-likeness (QED) is 0.482. The topological polar surface area (TPSA) is 55.9 Å². The van der Waals surface area contributed by atoms with E-state index in [1.807, 2.05) is 6.08 Å². The van der Waals surface area contributed by atoms with Crippen molar-refractivity contribution in [3.8, 4) is 0 Å². The monoisotopic (exact) mass is 332 g/mol.